The summed E-state index contributed by atoms with van der Waals surface area (Å²) in [6.07, 6.45) is 3.60. The molecule has 13 nitrogen and oxygen atoms in total. The van der Waals surface area contributed by atoms with E-state index in [0.717, 1.165) is 32.9 Å². The van der Waals surface area contributed by atoms with Gasteiger partial charge in [0.15, 0.2) is 0 Å². The van der Waals surface area contributed by atoms with Crippen molar-refractivity contribution in [2.75, 3.05) is 11.5 Å². The molecule has 0 aliphatic rings. The summed E-state index contributed by atoms with van der Waals surface area (Å²) in [5, 5.41) is 22.0. The quantitative estimate of drug-likeness (QED) is 0.0639. The van der Waals surface area contributed by atoms with Gasteiger partial charge >= 0.3 is 5.97 Å². The van der Waals surface area contributed by atoms with Gasteiger partial charge in [0.05, 0.1) is 6.04 Å². The minimum absolute atomic E-state index is 0.00730. The third-order valence-electron chi connectivity index (χ3n) is 8.71. The number of fused-ring (bicyclic) bond motifs is 2. The summed E-state index contributed by atoms with van der Waals surface area (Å²) in [6.45, 7) is 0. The molecule has 0 radical (unpaired) electrons. The number of benzene rings is 3. The zero-order valence-corrected chi connectivity index (χ0v) is 29.8. The molecule has 0 saturated heterocycles. The predicted molar refractivity (Wildman–Crippen MR) is 205 cm³/mol. The van der Waals surface area contributed by atoms with Crippen LogP contribution in [0.25, 0.3) is 21.8 Å². The molecule has 5 atom stereocenters. The summed E-state index contributed by atoms with van der Waals surface area (Å²) >= 11 is 8.19. The molecule has 52 heavy (non-hydrogen) atoms. The minimum atomic E-state index is -1.31. The number of carbonyl (C=O) groups is 5. The first-order chi connectivity index (χ1) is 25.1. The lowest BCUT2D eigenvalue weighted by Gasteiger charge is -2.26. The van der Waals surface area contributed by atoms with Crippen molar-refractivity contribution in [3.8, 4) is 0 Å². The maximum atomic E-state index is 14.2. The van der Waals surface area contributed by atoms with Crippen LogP contribution in [0, 0.1) is 0 Å². The van der Waals surface area contributed by atoms with Crippen molar-refractivity contribution < 1.29 is 29.1 Å². The third-order valence-corrected chi connectivity index (χ3v) is 9.47. The van der Waals surface area contributed by atoms with Crippen molar-refractivity contribution in [2.45, 2.75) is 49.5 Å². The maximum absolute atomic E-state index is 14.2. The van der Waals surface area contributed by atoms with E-state index in [1.807, 2.05) is 54.6 Å². The van der Waals surface area contributed by atoms with Crippen LogP contribution in [0.15, 0.2) is 91.3 Å². The van der Waals surface area contributed by atoms with E-state index >= 15 is 0 Å². The van der Waals surface area contributed by atoms with Crippen LogP contribution >= 0.6 is 25.3 Å². The van der Waals surface area contributed by atoms with Gasteiger partial charge < -0.3 is 42.1 Å². The van der Waals surface area contributed by atoms with E-state index in [4.69, 9.17) is 5.73 Å². The number of hydrogen-bond donors (Lipinski definition) is 10. The standard InChI is InChI=1S/C37H41N7O6S2/c38-26(19-51)33(45)41-30(15-22-17-39-27-12-6-4-10-24(22)27)35(47)42-29(14-21-8-2-1-3-9-21)34(46)43-31(36(48)44-32(20-52)37(49)50)16-23-18-40-28-13-7-5-11-25(23)28/h1-13,17-18,26,29-32,39-40,51-52H,14-16,19-20,38H2,(H,41,45)(H,42,47)(H,43,46)(H,44,48)(H,49,50)/t26-,29-,30-,31-,32-/m0/s1. The number of rotatable bonds is 17. The molecule has 0 spiro atoms. The number of carboxylic acids is 1. The molecule has 0 saturated carbocycles. The molecule has 5 aromatic rings. The van der Waals surface area contributed by atoms with Crippen molar-refractivity contribution in [3.63, 3.8) is 0 Å². The summed E-state index contributed by atoms with van der Waals surface area (Å²) in [5.74, 6) is -4.10. The van der Waals surface area contributed by atoms with Crippen LogP contribution in [0.4, 0.5) is 0 Å². The first-order valence-corrected chi connectivity index (χ1v) is 17.9. The van der Waals surface area contributed by atoms with Crippen molar-refractivity contribution in [1.29, 1.82) is 0 Å². The summed E-state index contributed by atoms with van der Waals surface area (Å²) in [7, 11) is 0. The number of carboxylic acid groups (broad SMARTS) is 1. The normalized spacial score (nSPS) is 14.1. The van der Waals surface area contributed by atoms with E-state index in [1.54, 1.807) is 36.7 Å². The van der Waals surface area contributed by atoms with E-state index in [-0.39, 0.29) is 30.8 Å². The average Bonchev–Trinajstić information content (AvgIpc) is 3.76. The van der Waals surface area contributed by atoms with E-state index in [2.05, 4.69) is 56.5 Å². The van der Waals surface area contributed by atoms with Crippen LogP contribution in [0.3, 0.4) is 0 Å². The summed E-state index contributed by atoms with van der Waals surface area (Å²) in [5.41, 5.74) is 9.79. The van der Waals surface area contributed by atoms with Crippen LogP contribution < -0.4 is 27.0 Å². The molecule has 9 N–H and O–H groups in total. The molecule has 15 heteroatoms. The van der Waals surface area contributed by atoms with Crippen molar-refractivity contribution >= 4 is 76.7 Å². The number of thiol groups is 2. The molecular formula is C37H41N7O6S2. The number of nitrogens with two attached hydrogens (primary N) is 1. The fraction of sp³-hybridized carbons (Fsp3) is 0.270. The second kappa shape index (κ2) is 17.8. The van der Waals surface area contributed by atoms with Gasteiger partial charge in [-0.3, -0.25) is 19.2 Å². The lowest BCUT2D eigenvalue weighted by Crippen LogP contribution is -2.59. The summed E-state index contributed by atoms with van der Waals surface area (Å²) < 4.78 is 0. The summed E-state index contributed by atoms with van der Waals surface area (Å²) in [6, 6.07) is 18.1. The molecule has 0 fully saturated rings. The van der Waals surface area contributed by atoms with Gasteiger partial charge in [-0.2, -0.15) is 25.3 Å². The Balaban J connectivity index is 1.44. The van der Waals surface area contributed by atoms with Crippen LogP contribution in [-0.2, 0) is 43.2 Å². The number of aliphatic carboxylic acids is 1. The lowest BCUT2D eigenvalue weighted by atomic mass is 10.0. The molecule has 0 aliphatic carbocycles. The lowest BCUT2D eigenvalue weighted by molar-refractivity contribution is -0.141. The van der Waals surface area contributed by atoms with Crippen molar-refractivity contribution in [1.82, 2.24) is 31.2 Å². The molecule has 2 heterocycles. The Morgan fingerprint density at radius 2 is 1.00 bits per heavy atom. The third kappa shape index (κ3) is 9.54. The number of nitrogens with one attached hydrogen (secondary N) is 6. The number of hydrogen-bond acceptors (Lipinski definition) is 8. The number of H-pyrrole nitrogens is 2. The fourth-order valence-electron chi connectivity index (χ4n) is 5.88. The first kappa shape index (κ1) is 38.0. The van der Waals surface area contributed by atoms with Gasteiger partial charge in [-0.15, -0.1) is 0 Å². The number of para-hydroxylation sites is 2. The highest BCUT2D eigenvalue weighted by molar-refractivity contribution is 7.80. The van der Waals surface area contributed by atoms with Gasteiger partial charge in [-0.25, -0.2) is 4.79 Å². The number of aromatic amines is 2. The smallest absolute Gasteiger partial charge is 0.327 e. The highest BCUT2D eigenvalue weighted by atomic mass is 32.1. The van der Waals surface area contributed by atoms with E-state index < -0.39 is 59.8 Å². The Morgan fingerprint density at radius 1 is 0.577 bits per heavy atom. The second-order valence-corrected chi connectivity index (χ2v) is 13.1. The monoisotopic (exact) mass is 743 g/mol. The van der Waals surface area contributed by atoms with Crippen LogP contribution in [-0.4, -0.2) is 86.4 Å². The minimum Gasteiger partial charge on any atom is -0.480 e. The number of amides is 4. The van der Waals surface area contributed by atoms with E-state index in [0.29, 0.717) is 5.56 Å². The Kier molecular flexibility index (Phi) is 13.0. The predicted octanol–water partition coefficient (Wildman–Crippen LogP) is 1.89. The molecule has 0 aliphatic heterocycles. The second-order valence-electron chi connectivity index (χ2n) is 12.4. The molecule has 4 amide bonds. The maximum Gasteiger partial charge on any atom is 0.327 e. The van der Waals surface area contributed by atoms with Crippen molar-refractivity contribution in [3.05, 3.63) is 108 Å². The average molecular weight is 744 g/mol. The van der Waals surface area contributed by atoms with Gasteiger partial charge in [0.2, 0.25) is 23.6 Å². The number of aromatic nitrogens is 2. The Labute approximate surface area is 310 Å². The molecule has 0 bridgehead atoms. The van der Waals surface area contributed by atoms with Crippen LogP contribution in [0.1, 0.15) is 16.7 Å². The zero-order chi connectivity index (χ0) is 37.2. The largest absolute Gasteiger partial charge is 0.480 e. The molecule has 3 aromatic carbocycles. The topological polar surface area (TPSA) is 211 Å². The van der Waals surface area contributed by atoms with E-state index in [9.17, 15) is 29.1 Å². The fourth-order valence-corrected chi connectivity index (χ4v) is 6.30. The van der Waals surface area contributed by atoms with Crippen molar-refractivity contribution in [2.24, 2.45) is 5.73 Å². The van der Waals surface area contributed by atoms with E-state index in [1.165, 1.54) is 0 Å². The van der Waals surface area contributed by atoms with Gasteiger partial charge in [0.1, 0.15) is 24.2 Å². The van der Waals surface area contributed by atoms with Crippen LogP contribution in [0.5, 0.6) is 0 Å². The Hall–Kier alpha value is -5.25. The molecule has 2 aromatic heterocycles. The molecule has 0 unspecified atom stereocenters. The highest BCUT2D eigenvalue weighted by Crippen LogP contribution is 2.21. The zero-order valence-electron chi connectivity index (χ0n) is 28.0. The highest BCUT2D eigenvalue weighted by Gasteiger charge is 2.32. The van der Waals surface area contributed by atoms with Crippen LogP contribution in [0.2, 0.25) is 0 Å². The van der Waals surface area contributed by atoms with Gasteiger partial charge in [0, 0.05) is 65.0 Å². The molecule has 272 valence electrons. The van der Waals surface area contributed by atoms with Gasteiger partial charge in [0.25, 0.3) is 0 Å². The SMILES string of the molecule is N[C@@H](CS)C(=O)N[C@@H](Cc1c[nH]c2ccccc12)C(=O)N[C@@H](Cc1ccccc1)C(=O)N[C@@H](Cc1c[nH]c2ccccc12)C(=O)N[C@@H](CS)C(=O)O. The Morgan fingerprint density at radius 3 is 1.46 bits per heavy atom. The number of carbonyl (C=O) groups excluding carboxylic acids is 4. The first-order valence-electron chi connectivity index (χ1n) is 16.6. The molecular weight excluding hydrogens is 703 g/mol. The summed E-state index contributed by atoms with van der Waals surface area (Å²) in [4.78, 5) is 73.0. The van der Waals surface area contributed by atoms with Gasteiger partial charge in [-0.05, 0) is 28.8 Å². The molecule has 5 rings (SSSR count). The van der Waals surface area contributed by atoms with Gasteiger partial charge in [-0.1, -0.05) is 66.7 Å². The Bertz CT molecular complexity index is 2030.